The molecule has 1 saturated heterocycles. The van der Waals surface area contributed by atoms with E-state index >= 15 is 0 Å². The van der Waals surface area contributed by atoms with Gasteiger partial charge in [0.25, 0.3) is 0 Å². The topological polar surface area (TPSA) is 66.9 Å². The maximum atomic E-state index is 13.0. The fourth-order valence-corrected chi connectivity index (χ4v) is 3.64. The molecule has 3 aromatic rings. The SMILES string of the molecule is CC(N)(C(=O)N1CCN(Cc2cn3ccccc3n2)CC1)c1ccccc1.Cl.Cl. The predicted octanol–water partition coefficient (Wildman–Crippen LogP) is 2.70. The highest BCUT2D eigenvalue weighted by Gasteiger charge is 2.35. The Hall–Kier alpha value is -2.12. The number of benzene rings is 1. The van der Waals surface area contributed by atoms with Crippen LogP contribution < -0.4 is 5.73 Å². The van der Waals surface area contributed by atoms with Crippen LogP contribution in [0, 0.1) is 0 Å². The first kappa shape index (κ1) is 23.2. The molecule has 2 aromatic heterocycles. The Kier molecular flexibility index (Phi) is 7.66. The normalized spacial score (nSPS) is 16.6. The molecule has 156 valence electrons. The third kappa shape index (κ3) is 4.90. The molecule has 6 nitrogen and oxygen atoms in total. The molecule has 0 aliphatic carbocycles. The molecule has 1 amide bonds. The van der Waals surface area contributed by atoms with Gasteiger partial charge in [-0.15, -0.1) is 24.8 Å². The zero-order chi connectivity index (χ0) is 18.9. The fraction of sp³-hybridized carbons (Fsp3) is 0.333. The zero-order valence-electron chi connectivity index (χ0n) is 16.4. The van der Waals surface area contributed by atoms with Crippen molar-refractivity contribution in [3.8, 4) is 0 Å². The van der Waals surface area contributed by atoms with Gasteiger partial charge in [-0.25, -0.2) is 4.98 Å². The van der Waals surface area contributed by atoms with Crippen molar-refractivity contribution in [3.63, 3.8) is 0 Å². The highest BCUT2D eigenvalue weighted by molar-refractivity contribution is 5.87. The van der Waals surface area contributed by atoms with E-state index in [0.717, 1.165) is 36.5 Å². The third-order valence-electron chi connectivity index (χ3n) is 5.28. The minimum atomic E-state index is -0.995. The largest absolute Gasteiger partial charge is 0.338 e. The Morgan fingerprint density at radius 1 is 1.03 bits per heavy atom. The maximum Gasteiger partial charge on any atom is 0.247 e. The van der Waals surface area contributed by atoms with Crippen LogP contribution in [-0.2, 0) is 16.9 Å². The van der Waals surface area contributed by atoms with Crippen molar-refractivity contribution >= 4 is 36.4 Å². The summed E-state index contributed by atoms with van der Waals surface area (Å²) in [5, 5.41) is 0. The van der Waals surface area contributed by atoms with Gasteiger partial charge in [-0.1, -0.05) is 36.4 Å². The van der Waals surface area contributed by atoms with E-state index in [9.17, 15) is 4.79 Å². The molecule has 2 N–H and O–H groups in total. The molecule has 1 unspecified atom stereocenters. The molecule has 29 heavy (non-hydrogen) atoms. The number of carbonyl (C=O) groups excluding carboxylic acids is 1. The van der Waals surface area contributed by atoms with Crippen LogP contribution in [0.5, 0.6) is 0 Å². The average molecular weight is 436 g/mol. The summed E-state index contributed by atoms with van der Waals surface area (Å²) in [5.41, 5.74) is 8.26. The van der Waals surface area contributed by atoms with E-state index in [1.54, 1.807) is 6.92 Å². The number of nitrogens with zero attached hydrogens (tertiary/aromatic N) is 4. The number of nitrogens with two attached hydrogens (primary N) is 1. The van der Waals surface area contributed by atoms with Gasteiger partial charge in [0.15, 0.2) is 0 Å². The van der Waals surface area contributed by atoms with Crippen molar-refractivity contribution in [2.24, 2.45) is 5.73 Å². The van der Waals surface area contributed by atoms with E-state index < -0.39 is 5.54 Å². The third-order valence-corrected chi connectivity index (χ3v) is 5.28. The summed E-state index contributed by atoms with van der Waals surface area (Å²) in [6.45, 7) is 5.61. The highest BCUT2D eigenvalue weighted by atomic mass is 35.5. The number of rotatable bonds is 4. The van der Waals surface area contributed by atoms with Gasteiger partial charge < -0.3 is 15.0 Å². The number of hydrogen-bond donors (Lipinski definition) is 1. The predicted molar refractivity (Wildman–Crippen MR) is 120 cm³/mol. The minimum Gasteiger partial charge on any atom is -0.338 e. The summed E-state index contributed by atoms with van der Waals surface area (Å²) in [6, 6.07) is 15.6. The van der Waals surface area contributed by atoms with Crippen molar-refractivity contribution < 1.29 is 4.79 Å². The summed E-state index contributed by atoms with van der Waals surface area (Å²) < 4.78 is 2.04. The second kappa shape index (κ2) is 9.59. The lowest BCUT2D eigenvalue weighted by atomic mass is 9.91. The van der Waals surface area contributed by atoms with E-state index in [2.05, 4.69) is 16.1 Å². The Morgan fingerprint density at radius 3 is 2.34 bits per heavy atom. The molecule has 1 aliphatic rings. The smallest absolute Gasteiger partial charge is 0.247 e. The van der Waals surface area contributed by atoms with E-state index in [-0.39, 0.29) is 30.7 Å². The number of piperazine rings is 1. The Bertz CT molecular complexity index is 903. The van der Waals surface area contributed by atoms with Gasteiger partial charge in [0, 0.05) is 45.1 Å². The number of hydrogen-bond acceptors (Lipinski definition) is 4. The molecule has 1 fully saturated rings. The lowest BCUT2D eigenvalue weighted by molar-refractivity contribution is -0.138. The van der Waals surface area contributed by atoms with Crippen molar-refractivity contribution in [3.05, 3.63) is 72.2 Å². The van der Waals surface area contributed by atoms with Crippen molar-refractivity contribution in [2.75, 3.05) is 26.2 Å². The zero-order valence-corrected chi connectivity index (χ0v) is 18.0. The van der Waals surface area contributed by atoms with Gasteiger partial charge in [-0.05, 0) is 24.6 Å². The number of aromatic nitrogens is 2. The molecular weight excluding hydrogens is 409 g/mol. The van der Waals surface area contributed by atoms with Crippen LogP contribution in [0.3, 0.4) is 0 Å². The maximum absolute atomic E-state index is 13.0. The average Bonchev–Trinajstić information content (AvgIpc) is 3.11. The van der Waals surface area contributed by atoms with Crippen molar-refractivity contribution in [1.82, 2.24) is 19.2 Å². The Labute approximate surface area is 183 Å². The summed E-state index contributed by atoms with van der Waals surface area (Å²) in [7, 11) is 0. The van der Waals surface area contributed by atoms with Crippen LogP contribution in [-0.4, -0.2) is 51.3 Å². The second-order valence-corrected chi connectivity index (χ2v) is 7.34. The lowest BCUT2D eigenvalue weighted by Crippen LogP contribution is -2.56. The number of carbonyl (C=O) groups is 1. The van der Waals surface area contributed by atoms with Crippen LogP contribution in [0.15, 0.2) is 60.9 Å². The molecule has 0 radical (unpaired) electrons. The number of imidazole rings is 1. The van der Waals surface area contributed by atoms with E-state index in [4.69, 9.17) is 5.73 Å². The molecule has 0 saturated carbocycles. The van der Waals surface area contributed by atoms with Gasteiger partial charge in [-0.2, -0.15) is 0 Å². The molecule has 1 aromatic carbocycles. The number of halogens is 2. The molecule has 0 spiro atoms. The molecule has 0 bridgehead atoms. The van der Waals surface area contributed by atoms with Gasteiger partial charge in [0.2, 0.25) is 5.91 Å². The first-order valence-corrected chi connectivity index (χ1v) is 9.33. The molecule has 1 atom stereocenters. The van der Waals surface area contributed by atoms with E-state index in [0.29, 0.717) is 13.1 Å². The monoisotopic (exact) mass is 435 g/mol. The Morgan fingerprint density at radius 2 is 1.69 bits per heavy atom. The van der Waals surface area contributed by atoms with Crippen LogP contribution in [0.2, 0.25) is 0 Å². The number of amides is 1. The molecule has 1 aliphatic heterocycles. The van der Waals surface area contributed by atoms with Crippen LogP contribution in [0.4, 0.5) is 0 Å². The molecule has 8 heteroatoms. The fourth-order valence-electron chi connectivity index (χ4n) is 3.64. The second-order valence-electron chi connectivity index (χ2n) is 7.34. The quantitative estimate of drug-likeness (QED) is 0.683. The van der Waals surface area contributed by atoms with Crippen LogP contribution >= 0.6 is 24.8 Å². The standard InChI is InChI=1S/C21H25N5O.2ClH/c1-21(22,17-7-3-2-4-8-17)20(27)25-13-11-24(12-14-25)15-18-16-26-10-6-5-9-19(26)23-18;;/h2-10,16H,11-15,22H2,1H3;2*1H. The van der Waals surface area contributed by atoms with Crippen LogP contribution in [0.1, 0.15) is 18.2 Å². The highest BCUT2D eigenvalue weighted by Crippen LogP contribution is 2.21. The van der Waals surface area contributed by atoms with Crippen molar-refractivity contribution in [1.29, 1.82) is 0 Å². The Balaban J connectivity index is 0.00000150. The first-order valence-electron chi connectivity index (χ1n) is 9.33. The number of fused-ring (bicyclic) bond motifs is 1. The van der Waals surface area contributed by atoms with Gasteiger partial charge in [0.1, 0.15) is 11.2 Å². The molecule has 4 rings (SSSR count). The number of pyridine rings is 1. The summed E-state index contributed by atoms with van der Waals surface area (Å²) >= 11 is 0. The van der Waals surface area contributed by atoms with E-state index in [1.165, 1.54) is 0 Å². The lowest BCUT2D eigenvalue weighted by Gasteiger charge is -2.38. The minimum absolute atomic E-state index is 0. The summed E-state index contributed by atoms with van der Waals surface area (Å²) in [6.07, 6.45) is 4.08. The van der Waals surface area contributed by atoms with Gasteiger partial charge in [0.05, 0.1) is 5.69 Å². The van der Waals surface area contributed by atoms with E-state index in [1.807, 2.05) is 64.0 Å². The summed E-state index contributed by atoms with van der Waals surface area (Å²) in [5.74, 6) is -0.0129. The van der Waals surface area contributed by atoms with Crippen molar-refractivity contribution in [2.45, 2.75) is 19.0 Å². The van der Waals surface area contributed by atoms with Gasteiger partial charge >= 0.3 is 0 Å². The van der Waals surface area contributed by atoms with Gasteiger partial charge in [-0.3, -0.25) is 9.69 Å². The summed E-state index contributed by atoms with van der Waals surface area (Å²) in [4.78, 5) is 21.8. The molecule has 3 heterocycles. The molecular formula is C21H27Cl2N5O. The van der Waals surface area contributed by atoms with Crippen LogP contribution in [0.25, 0.3) is 5.65 Å². The first-order chi connectivity index (χ1) is 13.0.